The Labute approximate surface area is 184 Å². The van der Waals surface area contributed by atoms with E-state index in [-0.39, 0.29) is 23.8 Å². The van der Waals surface area contributed by atoms with Gasteiger partial charge in [-0.25, -0.2) is 4.79 Å². The zero-order valence-corrected chi connectivity index (χ0v) is 17.9. The van der Waals surface area contributed by atoms with Crippen molar-refractivity contribution in [2.45, 2.75) is 19.8 Å². The summed E-state index contributed by atoms with van der Waals surface area (Å²) >= 11 is 6.61. The normalized spacial score (nSPS) is 15.0. The monoisotopic (exact) mass is 440 g/mol. The first-order valence-electron chi connectivity index (χ1n) is 9.29. The molecular weight excluding hydrogens is 420 g/mol. The fourth-order valence-electron chi connectivity index (χ4n) is 2.90. The number of aryl methyl sites for hydroxylation is 1. The molecule has 2 N–H and O–H groups in total. The second kappa shape index (κ2) is 9.69. The number of benzene rings is 2. The summed E-state index contributed by atoms with van der Waals surface area (Å²) in [4.78, 5) is 37.8. The highest BCUT2D eigenvalue weighted by Crippen LogP contribution is 2.33. The summed E-state index contributed by atoms with van der Waals surface area (Å²) in [5.41, 5.74) is 2.74. The van der Waals surface area contributed by atoms with E-state index in [1.54, 1.807) is 12.1 Å². The maximum absolute atomic E-state index is 12.7. The van der Waals surface area contributed by atoms with Crippen LogP contribution in [0.1, 0.15) is 34.3 Å². The first kappa shape index (κ1) is 21.7. The SMILES string of the molecule is Cc1ccccc1/C=C1\SC(=S)N(CCCC(=O)Nc2ccc(C(=O)O)cc2)C1=O. The number of amides is 2. The summed E-state index contributed by atoms with van der Waals surface area (Å²) in [5, 5.41) is 11.6. The summed E-state index contributed by atoms with van der Waals surface area (Å²) in [5.74, 6) is -1.37. The average Bonchev–Trinajstić information content (AvgIpc) is 2.97. The highest BCUT2D eigenvalue weighted by atomic mass is 32.2. The van der Waals surface area contributed by atoms with E-state index in [1.807, 2.05) is 37.3 Å². The number of thioether (sulfide) groups is 1. The molecule has 0 saturated carbocycles. The lowest BCUT2D eigenvalue weighted by molar-refractivity contribution is -0.122. The topological polar surface area (TPSA) is 86.7 Å². The molecule has 1 aliphatic heterocycles. The molecule has 1 heterocycles. The van der Waals surface area contributed by atoms with E-state index < -0.39 is 5.97 Å². The minimum Gasteiger partial charge on any atom is -0.478 e. The third-order valence-electron chi connectivity index (χ3n) is 4.55. The van der Waals surface area contributed by atoms with Crippen LogP contribution in [0.4, 0.5) is 5.69 Å². The molecule has 6 nitrogen and oxygen atoms in total. The van der Waals surface area contributed by atoms with Crippen LogP contribution in [-0.4, -0.2) is 38.7 Å². The van der Waals surface area contributed by atoms with Crippen molar-refractivity contribution in [2.24, 2.45) is 0 Å². The van der Waals surface area contributed by atoms with Crippen LogP contribution in [0.3, 0.4) is 0 Å². The van der Waals surface area contributed by atoms with Crippen molar-refractivity contribution in [3.63, 3.8) is 0 Å². The average molecular weight is 441 g/mol. The Morgan fingerprint density at radius 2 is 1.87 bits per heavy atom. The molecule has 0 atom stereocenters. The number of anilines is 1. The molecule has 2 aromatic rings. The van der Waals surface area contributed by atoms with Crippen molar-refractivity contribution in [3.05, 3.63) is 70.1 Å². The van der Waals surface area contributed by atoms with Crippen LogP contribution < -0.4 is 5.32 Å². The number of thiocarbonyl (C=S) groups is 1. The number of aromatic carboxylic acids is 1. The number of rotatable bonds is 7. The van der Waals surface area contributed by atoms with Crippen LogP contribution in [0.15, 0.2) is 53.4 Å². The van der Waals surface area contributed by atoms with E-state index in [1.165, 1.54) is 28.8 Å². The molecule has 1 saturated heterocycles. The molecule has 0 aromatic heterocycles. The zero-order valence-electron chi connectivity index (χ0n) is 16.3. The van der Waals surface area contributed by atoms with Crippen LogP contribution in [0.25, 0.3) is 6.08 Å². The largest absolute Gasteiger partial charge is 0.478 e. The van der Waals surface area contributed by atoms with E-state index in [9.17, 15) is 14.4 Å². The lowest BCUT2D eigenvalue weighted by atomic mass is 10.1. The van der Waals surface area contributed by atoms with Crippen LogP contribution >= 0.6 is 24.0 Å². The lowest BCUT2D eigenvalue weighted by Crippen LogP contribution is -2.29. The number of hydrogen-bond donors (Lipinski definition) is 2. The Morgan fingerprint density at radius 3 is 2.53 bits per heavy atom. The Bertz CT molecular complexity index is 1030. The van der Waals surface area contributed by atoms with E-state index >= 15 is 0 Å². The predicted molar refractivity (Wildman–Crippen MR) is 122 cm³/mol. The maximum atomic E-state index is 12.7. The molecule has 30 heavy (non-hydrogen) atoms. The Kier molecular flexibility index (Phi) is 7.02. The van der Waals surface area contributed by atoms with E-state index in [0.29, 0.717) is 27.9 Å². The molecule has 154 valence electrons. The van der Waals surface area contributed by atoms with Gasteiger partial charge in [0.05, 0.1) is 10.5 Å². The Morgan fingerprint density at radius 1 is 1.17 bits per heavy atom. The van der Waals surface area contributed by atoms with Crippen LogP contribution in [0.5, 0.6) is 0 Å². The summed E-state index contributed by atoms with van der Waals surface area (Å²) in [6, 6.07) is 13.8. The summed E-state index contributed by atoms with van der Waals surface area (Å²) in [7, 11) is 0. The highest BCUT2D eigenvalue weighted by molar-refractivity contribution is 8.26. The quantitative estimate of drug-likeness (QED) is 0.493. The van der Waals surface area contributed by atoms with E-state index in [4.69, 9.17) is 17.3 Å². The van der Waals surface area contributed by atoms with Gasteiger partial charge in [-0.3, -0.25) is 14.5 Å². The van der Waals surface area contributed by atoms with Crippen LogP contribution in [0, 0.1) is 6.92 Å². The molecule has 0 unspecified atom stereocenters. The molecule has 8 heteroatoms. The van der Waals surface area contributed by atoms with E-state index in [2.05, 4.69) is 5.32 Å². The van der Waals surface area contributed by atoms with Crippen molar-refractivity contribution in [1.29, 1.82) is 0 Å². The van der Waals surface area contributed by atoms with Gasteiger partial charge < -0.3 is 10.4 Å². The maximum Gasteiger partial charge on any atom is 0.335 e. The molecule has 1 aliphatic rings. The first-order valence-corrected chi connectivity index (χ1v) is 10.5. The van der Waals surface area contributed by atoms with Gasteiger partial charge in [-0.05, 0) is 54.8 Å². The number of nitrogens with zero attached hydrogens (tertiary/aromatic N) is 1. The van der Waals surface area contributed by atoms with Gasteiger partial charge in [0, 0.05) is 18.7 Å². The summed E-state index contributed by atoms with van der Waals surface area (Å²) in [6.07, 6.45) is 2.53. The summed E-state index contributed by atoms with van der Waals surface area (Å²) in [6.45, 7) is 2.35. The molecule has 0 spiro atoms. The molecule has 3 rings (SSSR count). The van der Waals surface area contributed by atoms with Crippen molar-refractivity contribution in [2.75, 3.05) is 11.9 Å². The number of carboxylic acid groups (broad SMARTS) is 1. The molecular formula is C22H20N2O4S2. The number of hydrogen-bond acceptors (Lipinski definition) is 5. The smallest absolute Gasteiger partial charge is 0.335 e. The van der Waals surface area contributed by atoms with Gasteiger partial charge >= 0.3 is 5.97 Å². The van der Waals surface area contributed by atoms with Crippen LogP contribution in [-0.2, 0) is 9.59 Å². The molecule has 0 aliphatic carbocycles. The minimum atomic E-state index is -1.02. The van der Waals surface area contributed by atoms with Crippen molar-refractivity contribution >= 4 is 57.8 Å². The zero-order chi connectivity index (χ0) is 21.7. The lowest BCUT2D eigenvalue weighted by Gasteiger charge is -2.14. The van der Waals surface area contributed by atoms with Gasteiger partial charge in [-0.2, -0.15) is 0 Å². The van der Waals surface area contributed by atoms with Gasteiger partial charge in [-0.1, -0.05) is 48.2 Å². The second-order valence-electron chi connectivity index (χ2n) is 6.72. The predicted octanol–water partition coefficient (Wildman–Crippen LogP) is 4.31. The van der Waals surface area contributed by atoms with Crippen molar-refractivity contribution in [1.82, 2.24) is 4.90 Å². The fraction of sp³-hybridized carbons (Fsp3) is 0.182. The Balaban J connectivity index is 1.52. The minimum absolute atomic E-state index is 0.141. The highest BCUT2D eigenvalue weighted by Gasteiger charge is 2.31. The molecule has 0 bridgehead atoms. The first-order chi connectivity index (χ1) is 14.3. The summed E-state index contributed by atoms with van der Waals surface area (Å²) < 4.78 is 0.490. The molecule has 1 fully saturated rings. The third kappa shape index (κ3) is 5.34. The van der Waals surface area contributed by atoms with Crippen LogP contribution in [0.2, 0.25) is 0 Å². The van der Waals surface area contributed by atoms with E-state index in [0.717, 1.165) is 11.1 Å². The standard InChI is InChI=1S/C22H20N2O4S2/c1-14-5-2-3-6-16(14)13-18-20(26)24(22(29)30-18)12-4-7-19(25)23-17-10-8-15(9-11-17)21(27)28/h2-3,5-6,8-11,13H,4,7,12H2,1H3,(H,23,25)(H,27,28)/b18-13-. The van der Waals surface area contributed by atoms with Gasteiger partial charge in [0.2, 0.25) is 5.91 Å². The second-order valence-corrected chi connectivity index (χ2v) is 8.40. The van der Waals surface area contributed by atoms with Crippen molar-refractivity contribution < 1.29 is 19.5 Å². The molecule has 2 amide bonds. The van der Waals surface area contributed by atoms with Gasteiger partial charge in [0.1, 0.15) is 4.32 Å². The van der Waals surface area contributed by atoms with Crippen molar-refractivity contribution in [3.8, 4) is 0 Å². The number of carbonyl (C=O) groups is 3. The fourth-order valence-corrected chi connectivity index (χ4v) is 4.20. The third-order valence-corrected chi connectivity index (χ3v) is 5.93. The number of carboxylic acids is 1. The molecule has 0 radical (unpaired) electrons. The van der Waals surface area contributed by atoms with Gasteiger partial charge in [0.15, 0.2) is 0 Å². The number of nitrogens with one attached hydrogen (secondary N) is 1. The number of carbonyl (C=O) groups excluding carboxylic acids is 2. The van der Waals surface area contributed by atoms with Gasteiger partial charge in [-0.15, -0.1) is 0 Å². The van der Waals surface area contributed by atoms with Gasteiger partial charge in [0.25, 0.3) is 5.91 Å². The molecule has 2 aromatic carbocycles. The Hall–Kier alpha value is -2.97.